The molecule has 2 saturated carbocycles. The number of carbonyl (C=O) groups is 2. The molecule has 0 aromatic rings. The molecule has 2 aliphatic rings. The van der Waals surface area contributed by atoms with Gasteiger partial charge in [0.15, 0.2) is 0 Å². The van der Waals surface area contributed by atoms with Gasteiger partial charge in [0, 0.05) is 18.9 Å². The zero-order valence-corrected chi connectivity index (χ0v) is 14.5. The van der Waals surface area contributed by atoms with Crippen LogP contribution in [-0.4, -0.2) is 30.1 Å². The van der Waals surface area contributed by atoms with E-state index in [1.165, 1.54) is 0 Å². The van der Waals surface area contributed by atoms with Crippen molar-refractivity contribution in [1.82, 2.24) is 10.6 Å². The summed E-state index contributed by atoms with van der Waals surface area (Å²) in [4.78, 5) is 24.5. The highest BCUT2D eigenvalue weighted by atomic mass is 19.1. The van der Waals surface area contributed by atoms with Gasteiger partial charge in [0.25, 0.3) is 0 Å². The van der Waals surface area contributed by atoms with Crippen LogP contribution in [0.4, 0.5) is 4.39 Å². The van der Waals surface area contributed by atoms with Crippen molar-refractivity contribution >= 4 is 11.8 Å². The van der Waals surface area contributed by atoms with Crippen LogP contribution in [0.25, 0.3) is 0 Å². The number of hydrogen-bond donors (Lipinski definition) is 2. The standard InChI is InChI=1S/C18H31FN2O2/c1-13(2)11-16(22)21-18(9-3-4-10-18)12-20-17(23)14-5-7-15(19)8-6-14/h13-15H,3-12H2,1-2H3,(H,20,23)(H,21,22). The normalized spacial score (nSPS) is 27.0. The highest BCUT2D eigenvalue weighted by Crippen LogP contribution is 2.30. The maximum absolute atomic E-state index is 13.2. The molecular formula is C18H31FN2O2. The third-order valence-electron chi connectivity index (χ3n) is 5.19. The molecule has 0 spiro atoms. The summed E-state index contributed by atoms with van der Waals surface area (Å²) in [6.45, 7) is 4.57. The zero-order valence-electron chi connectivity index (χ0n) is 14.5. The molecule has 0 aromatic heterocycles. The van der Waals surface area contributed by atoms with E-state index in [1.807, 2.05) is 13.8 Å². The summed E-state index contributed by atoms with van der Waals surface area (Å²) >= 11 is 0. The fourth-order valence-electron chi connectivity index (χ4n) is 3.83. The maximum atomic E-state index is 13.2. The molecule has 23 heavy (non-hydrogen) atoms. The van der Waals surface area contributed by atoms with Gasteiger partial charge in [-0.15, -0.1) is 0 Å². The summed E-state index contributed by atoms with van der Waals surface area (Å²) < 4.78 is 13.2. The Labute approximate surface area is 139 Å². The highest BCUT2D eigenvalue weighted by Gasteiger charge is 2.36. The average Bonchev–Trinajstić information content (AvgIpc) is 2.93. The SMILES string of the molecule is CC(C)CC(=O)NC1(CNC(=O)C2CCC(F)CC2)CCCC1. The van der Waals surface area contributed by atoms with Crippen molar-refractivity contribution in [2.75, 3.05) is 6.54 Å². The number of rotatable bonds is 6. The van der Waals surface area contributed by atoms with Crippen LogP contribution < -0.4 is 10.6 Å². The lowest BCUT2D eigenvalue weighted by Gasteiger charge is -2.32. The molecular weight excluding hydrogens is 295 g/mol. The Balaban J connectivity index is 1.84. The first-order valence-corrected chi connectivity index (χ1v) is 9.13. The summed E-state index contributed by atoms with van der Waals surface area (Å²) in [5.41, 5.74) is -0.279. The van der Waals surface area contributed by atoms with Gasteiger partial charge in [-0.05, 0) is 44.4 Å². The van der Waals surface area contributed by atoms with Gasteiger partial charge in [0.2, 0.25) is 11.8 Å². The molecule has 5 heteroatoms. The van der Waals surface area contributed by atoms with Crippen LogP contribution in [0, 0.1) is 11.8 Å². The molecule has 0 atom stereocenters. The Morgan fingerprint density at radius 3 is 2.30 bits per heavy atom. The minimum atomic E-state index is -0.740. The fraction of sp³-hybridized carbons (Fsp3) is 0.889. The summed E-state index contributed by atoms with van der Waals surface area (Å²) in [6, 6.07) is 0. The van der Waals surface area contributed by atoms with Crippen molar-refractivity contribution in [2.24, 2.45) is 11.8 Å². The molecule has 0 aromatic carbocycles. The molecule has 2 aliphatic carbocycles. The van der Waals surface area contributed by atoms with Crippen LogP contribution in [0.1, 0.15) is 71.6 Å². The van der Waals surface area contributed by atoms with Crippen molar-refractivity contribution in [3.63, 3.8) is 0 Å². The van der Waals surface area contributed by atoms with Crippen molar-refractivity contribution < 1.29 is 14.0 Å². The minimum absolute atomic E-state index is 0.0290. The molecule has 0 unspecified atom stereocenters. The number of hydrogen-bond acceptors (Lipinski definition) is 2. The van der Waals surface area contributed by atoms with E-state index in [1.54, 1.807) is 0 Å². The van der Waals surface area contributed by atoms with Crippen LogP contribution in [0.15, 0.2) is 0 Å². The van der Waals surface area contributed by atoms with Crippen molar-refractivity contribution in [3.05, 3.63) is 0 Å². The van der Waals surface area contributed by atoms with E-state index in [2.05, 4.69) is 10.6 Å². The van der Waals surface area contributed by atoms with E-state index in [0.29, 0.717) is 44.6 Å². The molecule has 2 fully saturated rings. The predicted octanol–water partition coefficient (Wildman–Crippen LogP) is 3.11. The third kappa shape index (κ3) is 5.47. The van der Waals surface area contributed by atoms with E-state index in [-0.39, 0.29) is 23.3 Å². The van der Waals surface area contributed by atoms with E-state index in [4.69, 9.17) is 0 Å². The monoisotopic (exact) mass is 326 g/mol. The van der Waals surface area contributed by atoms with Gasteiger partial charge in [0.1, 0.15) is 6.17 Å². The predicted molar refractivity (Wildman–Crippen MR) is 88.7 cm³/mol. The number of alkyl halides is 1. The molecule has 0 heterocycles. The van der Waals surface area contributed by atoms with Gasteiger partial charge < -0.3 is 10.6 Å². The Morgan fingerprint density at radius 1 is 1.13 bits per heavy atom. The van der Waals surface area contributed by atoms with Gasteiger partial charge in [0.05, 0.1) is 5.54 Å². The number of halogens is 1. The Kier molecular flexibility index (Phi) is 6.42. The highest BCUT2D eigenvalue weighted by molar-refractivity contribution is 5.79. The molecule has 2 amide bonds. The Hall–Kier alpha value is -1.13. The number of carbonyl (C=O) groups excluding carboxylic acids is 2. The maximum Gasteiger partial charge on any atom is 0.223 e. The second kappa shape index (κ2) is 8.11. The lowest BCUT2D eigenvalue weighted by Crippen LogP contribution is -2.54. The smallest absolute Gasteiger partial charge is 0.223 e. The number of nitrogens with one attached hydrogen (secondary N) is 2. The molecule has 0 radical (unpaired) electrons. The largest absolute Gasteiger partial charge is 0.354 e. The molecule has 0 aliphatic heterocycles. The van der Waals surface area contributed by atoms with Gasteiger partial charge in [-0.25, -0.2) is 4.39 Å². The Bertz CT molecular complexity index is 411. The van der Waals surface area contributed by atoms with Gasteiger partial charge in [-0.3, -0.25) is 9.59 Å². The summed E-state index contributed by atoms with van der Waals surface area (Å²) in [6.07, 6.45) is 6.08. The van der Waals surface area contributed by atoms with Crippen molar-refractivity contribution in [1.29, 1.82) is 0 Å². The van der Waals surface area contributed by atoms with Crippen molar-refractivity contribution in [3.8, 4) is 0 Å². The fourth-order valence-corrected chi connectivity index (χ4v) is 3.83. The summed E-state index contributed by atoms with van der Waals surface area (Å²) in [7, 11) is 0. The molecule has 4 nitrogen and oxygen atoms in total. The van der Waals surface area contributed by atoms with E-state index in [9.17, 15) is 14.0 Å². The molecule has 132 valence electrons. The first-order chi connectivity index (χ1) is 10.9. The van der Waals surface area contributed by atoms with Gasteiger partial charge >= 0.3 is 0 Å². The van der Waals surface area contributed by atoms with E-state index in [0.717, 1.165) is 25.7 Å². The Morgan fingerprint density at radius 2 is 1.74 bits per heavy atom. The van der Waals surface area contributed by atoms with Crippen LogP contribution in [-0.2, 0) is 9.59 Å². The number of amides is 2. The first kappa shape index (κ1) is 18.2. The van der Waals surface area contributed by atoms with Gasteiger partial charge in [-0.1, -0.05) is 26.7 Å². The summed E-state index contributed by atoms with van der Waals surface area (Å²) in [5.74, 6) is 0.376. The first-order valence-electron chi connectivity index (χ1n) is 9.13. The lowest BCUT2D eigenvalue weighted by atomic mass is 9.87. The topological polar surface area (TPSA) is 58.2 Å². The average molecular weight is 326 g/mol. The molecule has 2 rings (SSSR count). The van der Waals surface area contributed by atoms with E-state index >= 15 is 0 Å². The lowest BCUT2D eigenvalue weighted by molar-refractivity contribution is -0.128. The second-order valence-corrected chi connectivity index (χ2v) is 7.80. The van der Waals surface area contributed by atoms with Crippen LogP contribution >= 0.6 is 0 Å². The van der Waals surface area contributed by atoms with Crippen molar-refractivity contribution in [2.45, 2.75) is 83.3 Å². The molecule has 0 bridgehead atoms. The zero-order chi connectivity index (χ0) is 16.9. The molecule has 2 N–H and O–H groups in total. The quantitative estimate of drug-likeness (QED) is 0.788. The second-order valence-electron chi connectivity index (χ2n) is 7.80. The van der Waals surface area contributed by atoms with Gasteiger partial charge in [-0.2, -0.15) is 0 Å². The van der Waals surface area contributed by atoms with Crippen LogP contribution in [0.2, 0.25) is 0 Å². The minimum Gasteiger partial charge on any atom is -0.354 e. The van der Waals surface area contributed by atoms with E-state index < -0.39 is 6.17 Å². The molecule has 0 saturated heterocycles. The summed E-state index contributed by atoms with van der Waals surface area (Å²) in [5, 5.41) is 6.21. The van der Waals surface area contributed by atoms with Crippen LogP contribution in [0.5, 0.6) is 0 Å². The van der Waals surface area contributed by atoms with Crippen LogP contribution in [0.3, 0.4) is 0 Å². The third-order valence-corrected chi connectivity index (χ3v) is 5.19.